The van der Waals surface area contributed by atoms with E-state index in [1.807, 2.05) is 6.92 Å². The van der Waals surface area contributed by atoms with Crippen molar-refractivity contribution in [1.82, 2.24) is 5.32 Å². The maximum atomic E-state index is 13.4. The molecule has 0 saturated heterocycles. The second-order valence-corrected chi connectivity index (χ2v) is 9.86. The van der Waals surface area contributed by atoms with Crippen LogP contribution in [0.4, 0.5) is 5.69 Å². The maximum absolute atomic E-state index is 13.4. The van der Waals surface area contributed by atoms with Crippen molar-refractivity contribution in [2.45, 2.75) is 19.5 Å². The molecule has 3 aromatic carbocycles. The van der Waals surface area contributed by atoms with Crippen LogP contribution in [-0.2, 0) is 9.53 Å². The van der Waals surface area contributed by atoms with Gasteiger partial charge in [-0.2, -0.15) is 0 Å². The van der Waals surface area contributed by atoms with Crippen molar-refractivity contribution in [3.8, 4) is 5.75 Å². The summed E-state index contributed by atoms with van der Waals surface area (Å²) < 4.78 is 11.1. The molecule has 1 aliphatic heterocycles. The van der Waals surface area contributed by atoms with Crippen LogP contribution in [0.15, 0.2) is 59.6 Å². The molecule has 3 aromatic rings. The highest BCUT2D eigenvalue weighted by atomic mass is 35.5. The Balaban J connectivity index is 1.68. The number of fused-ring (bicyclic) bond motifs is 1. The summed E-state index contributed by atoms with van der Waals surface area (Å²) in [5.41, 5.74) is 1.90. The summed E-state index contributed by atoms with van der Waals surface area (Å²) in [5, 5.41) is 6.65. The van der Waals surface area contributed by atoms with E-state index < -0.39 is 18.0 Å². The van der Waals surface area contributed by atoms with Gasteiger partial charge in [-0.25, -0.2) is 4.99 Å². The van der Waals surface area contributed by atoms with Crippen LogP contribution in [0.2, 0.25) is 20.1 Å². The Labute approximate surface area is 240 Å². The fourth-order valence-electron chi connectivity index (χ4n) is 3.82. The van der Waals surface area contributed by atoms with Gasteiger partial charge in [-0.3, -0.25) is 9.59 Å². The van der Waals surface area contributed by atoms with Crippen molar-refractivity contribution in [3.05, 3.63) is 91.4 Å². The van der Waals surface area contributed by atoms with Gasteiger partial charge in [-0.05, 0) is 43.3 Å². The molecule has 1 atom stereocenters. The topological polar surface area (TPSA) is 89.0 Å². The van der Waals surface area contributed by atoms with Crippen molar-refractivity contribution in [3.63, 3.8) is 0 Å². The molecule has 7 nitrogen and oxygen atoms in total. The molecule has 1 heterocycles. The number of nitrogens with one attached hydrogen (secondary N) is 2. The number of ether oxygens (including phenoxy) is 2. The summed E-state index contributed by atoms with van der Waals surface area (Å²) in [4.78, 5) is 31.2. The average Bonchev–Trinajstić information content (AvgIpc) is 3.00. The summed E-state index contributed by atoms with van der Waals surface area (Å²) in [6.45, 7) is 3.38. The minimum atomic E-state index is -1.32. The molecular formula is C27H23Cl4N3O4. The van der Waals surface area contributed by atoms with Crippen molar-refractivity contribution < 1.29 is 19.1 Å². The first-order valence-corrected chi connectivity index (χ1v) is 13.2. The zero-order valence-corrected chi connectivity index (χ0v) is 23.2. The SMILES string of the molecule is CCOCCCOc1ccc(Cl)cc1C(=O)NC1N=C(c2c(Cl)cc(Cl)cc2Cl)c2ccccc2NC1=O. The van der Waals surface area contributed by atoms with Gasteiger partial charge < -0.3 is 20.1 Å². The summed E-state index contributed by atoms with van der Waals surface area (Å²) in [7, 11) is 0. The molecule has 2 amide bonds. The molecule has 0 aromatic heterocycles. The summed E-state index contributed by atoms with van der Waals surface area (Å²) in [6.07, 6.45) is -0.686. The van der Waals surface area contributed by atoms with E-state index in [4.69, 9.17) is 55.9 Å². The number of nitrogens with zero attached hydrogens (tertiary/aromatic N) is 1. The van der Waals surface area contributed by atoms with Crippen LogP contribution in [0.25, 0.3) is 0 Å². The largest absolute Gasteiger partial charge is 0.493 e. The number of para-hydroxylation sites is 1. The maximum Gasteiger partial charge on any atom is 0.269 e. The molecule has 11 heteroatoms. The highest BCUT2D eigenvalue weighted by Gasteiger charge is 2.30. The van der Waals surface area contributed by atoms with Crippen molar-refractivity contribution >= 4 is 69.6 Å². The number of rotatable bonds is 9. The van der Waals surface area contributed by atoms with E-state index in [1.165, 1.54) is 18.2 Å². The highest BCUT2D eigenvalue weighted by Crippen LogP contribution is 2.34. The first-order valence-electron chi connectivity index (χ1n) is 11.7. The number of amides is 2. The molecule has 0 fully saturated rings. The van der Waals surface area contributed by atoms with Crippen LogP contribution in [0, 0.1) is 0 Å². The first kappa shape index (κ1) is 28.2. The molecule has 0 aliphatic carbocycles. The fourth-order valence-corrected chi connectivity index (χ4v) is 4.99. The Bertz CT molecular complexity index is 1370. The smallest absolute Gasteiger partial charge is 0.269 e. The van der Waals surface area contributed by atoms with Gasteiger partial charge in [0.05, 0.1) is 33.6 Å². The summed E-state index contributed by atoms with van der Waals surface area (Å²) in [6, 6.07) is 14.8. The number of carbonyl (C=O) groups excluding carboxylic acids is 2. The number of anilines is 1. The quantitative estimate of drug-likeness (QED) is 0.271. The molecule has 0 saturated carbocycles. The molecule has 1 unspecified atom stereocenters. The average molecular weight is 595 g/mol. The minimum Gasteiger partial charge on any atom is -0.493 e. The molecule has 1 aliphatic rings. The number of hydrogen-bond acceptors (Lipinski definition) is 5. The number of benzodiazepines with no additional fused rings is 1. The van der Waals surface area contributed by atoms with Gasteiger partial charge in [-0.15, -0.1) is 0 Å². The molecule has 2 N–H and O–H groups in total. The second kappa shape index (κ2) is 12.8. The fraction of sp³-hybridized carbons (Fsp3) is 0.222. The van der Waals surface area contributed by atoms with Crippen LogP contribution < -0.4 is 15.4 Å². The van der Waals surface area contributed by atoms with Crippen molar-refractivity contribution in [2.75, 3.05) is 25.1 Å². The van der Waals surface area contributed by atoms with E-state index in [-0.39, 0.29) is 15.6 Å². The lowest BCUT2D eigenvalue weighted by atomic mass is 10.0. The van der Waals surface area contributed by atoms with E-state index in [0.29, 0.717) is 64.6 Å². The van der Waals surface area contributed by atoms with Crippen LogP contribution in [0.1, 0.15) is 34.8 Å². The van der Waals surface area contributed by atoms with E-state index in [0.717, 1.165) is 0 Å². The van der Waals surface area contributed by atoms with Gasteiger partial charge in [0.1, 0.15) is 5.75 Å². The van der Waals surface area contributed by atoms with Crippen LogP contribution >= 0.6 is 46.4 Å². The molecule has 38 heavy (non-hydrogen) atoms. The first-order chi connectivity index (χ1) is 18.3. The molecule has 4 rings (SSSR count). The Morgan fingerprint density at radius 2 is 1.74 bits per heavy atom. The lowest BCUT2D eigenvalue weighted by Crippen LogP contribution is -2.42. The normalized spacial score (nSPS) is 14.7. The second-order valence-electron chi connectivity index (χ2n) is 8.17. The van der Waals surface area contributed by atoms with E-state index in [1.54, 1.807) is 36.4 Å². The summed E-state index contributed by atoms with van der Waals surface area (Å²) >= 11 is 25.3. The summed E-state index contributed by atoms with van der Waals surface area (Å²) in [5.74, 6) is -0.841. The van der Waals surface area contributed by atoms with Gasteiger partial charge in [0.25, 0.3) is 11.8 Å². The Kier molecular flexibility index (Phi) is 9.52. The molecule has 0 bridgehead atoms. The Hall–Kier alpha value is -2.81. The van der Waals surface area contributed by atoms with Gasteiger partial charge in [0, 0.05) is 40.8 Å². The third-order valence-electron chi connectivity index (χ3n) is 5.54. The number of hydrogen-bond donors (Lipinski definition) is 2. The third-order valence-corrected chi connectivity index (χ3v) is 6.59. The van der Waals surface area contributed by atoms with E-state index in [2.05, 4.69) is 15.6 Å². The van der Waals surface area contributed by atoms with Gasteiger partial charge >= 0.3 is 0 Å². The molecule has 198 valence electrons. The minimum absolute atomic E-state index is 0.155. The lowest BCUT2D eigenvalue weighted by Gasteiger charge is -2.16. The zero-order chi connectivity index (χ0) is 27.2. The lowest BCUT2D eigenvalue weighted by molar-refractivity contribution is -0.117. The predicted molar refractivity (Wildman–Crippen MR) is 151 cm³/mol. The highest BCUT2D eigenvalue weighted by molar-refractivity contribution is 6.44. The van der Waals surface area contributed by atoms with Crippen molar-refractivity contribution in [2.24, 2.45) is 4.99 Å². The number of aliphatic imine (C=N–C) groups is 1. The molecule has 0 spiro atoms. The number of benzene rings is 3. The standard InChI is InChI=1S/C27H23Cl4N3O4/c1-2-37-10-5-11-38-22-9-8-15(28)12-18(22)26(35)34-25-27(36)32-21-7-4-3-6-17(21)24(33-25)23-19(30)13-16(29)14-20(23)31/h3-4,6-9,12-14,25H,2,5,10-11H2,1H3,(H,32,36)(H,34,35). The van der Waals surface area contributed by atoms with Crippen LogP contribution in [0.5, 0.6) is 5.75 Å². The van der Waals surface area contributed by atoms with Gasteiger partial charge in [-0.1, -0.05) is 64.6 Å². The van der Waals surface area contributed by atoms with Crippen molar-refractivity contribution in [1.29, 1.82) is 0 Å². The van der Waals surface area contributed by atoms with E-state index in [9.17, 15) is 9.59 Å². The number of carbonyl (C=O) groups is 2. The number of halogens is 4. The van der Waals surface area contributed by atoms with Gasteiger partial charge in [0.15, 0.2) is 0 Å². The molecular weight excluding hydrogens is 572 g/mol. The van der Waals surface area contributed by atoms with Crippen LogP contribution in [-0.4, -0.2) is 43.5 Å². The Morgan fingerprint density at radius 1 is 1.00 bits per heavy atom. The van der Waals surface area contributed by atoms with E-state index >= 15 is 0 Å². The monoisotopic (exact) mass is 593 g/mol. The predicted octanol–water partition coefficient (Wildman–Crippen LogP) is 6.65. The third kappa shape index (κ3) is 6.60. The zero-order valence-electron chi connectivity index (χ0n) is 20.2. The molecule has 0 radical (unpaired) electrons. The van der Waals surface area contributed by atoms with Gasteiger partial charge in [0.2, 0.25) is 6.17 Å². The van der Waals surface area contributed by atoms with Crippen LogP contribution in [0.3, 0.4) is 0 Å². The Morgan fingerprint density at radius 3 is 2.47 bits per heavy atom.